The quantitative estimate of drug-likeness (QED) is 0.836. The van der Waals surface area contributed by atoms with Crippen molar-refractivity contribution in [2.45, 2.75) is 51.6 Å². The molecular weight excluding hydrogens is 220 g/mol. The van der Waals surface area contributed by atoms with Crippen LogP contribution in [0, 0.1) is 0 Å². The van der Waals surface area contributed by atoms with Crippen LogP contribution < -0.4 is 5.73 Å². The normalized spacial score (nSPS) is 16.6. The molecule has 2 nitrogen and oxygen atoms in total. The zero-order valence-electron chi connectivity index (χ0n) is 11.6. The molecule has 0 radical (unpaired) electrons. The zero-order valence-corrected chi connectivity index (χ0v) is 11.6. The summed E-state index contributed by atoms with van der Waals surface area (Å²) in [4.78, 5) is 2.65. The van der Waals surface area contributed by atoms with Crippen LogP contribution in [-0.2, 0) is 13.0 Å². The van der Waals surface area contributed by atoms with E-state index in [1.54, 1.807) is 0 Å². The van der Waals surface area contributed by atoms with Crippen LogP contribution >= 0.6 is 0 Å². The molecule has 0 bridgehead atoms. The van der Waals surface area contributed by atoms with Crippen LogP contribution in [0.25, 0.3) is 0 Å². The van der Waals surface area contributed by atoms with Crippen molar-refractivity contribution in [2.75, 3.05) is 13.1 Å². The Bertz CT molecular complexity index is 356. The Hall–Kier alpha value is -0.860. The number of rotatable bonds is 6. The van der Waals surface area contributed by atoms with Gasteiger partial charge in [-0.1, -0.05) is 44.0 Å². The van der Waals surface area contributed by atoms with E-state index in [9.17, 15) is 0 Å². The van der Waals surface area contributed by atoms with Crippen molar-refractivity contribution in [1.82, 2.24) is 4.90 Å². The van der Waals surface area contributed by atoms with E-state index in [-0.39, 0.29) is 0 Å². The molecule has 0 unspecified atom stereocenters. The summed E-state index contributed by atoms with van der Waals surface area (Å²) in [5, 5.41) is 0. The van der Waals surface area contributed by atoms with Crippen LogP contribution in [0.2, 0.25) is 0 Å². The summed E-state index contributed by atoms with van der Waals surface area (Å²) in [6.45, 7) is 5.30. The molecule has 0 saturated heterocycles. The fourth-order valence-corrected chi connectivity index (χ4v) is 3.13. The lowest BCUT2D eigenvalue weighted by Gasteiger charge is -2.27. The molecule has 1 aliphatic rings. The predicted molar refractivity (Wildman–Crippen MR) is 77.5 cm³/mol. The number of benzene rings is 1. The summed E-state index contributed by atoms with van der Waals surface area (Å²) in [6.07, 6.45) is 6.76. The monoisotopic (exact) mass is 246 g/mol. The van der Waals surface area contributed by atoms with Gasteiger partial charge in [0.15, 0.2) is 0 Å². The Balaban J connectivity index is 1.92. The van der Waals surface area contributed by atoms with E-state index in [1.165, 1.54) is 49.9 Å². The van der Waals surface area contributed by atoms with Crippen LogP contribution in [0.15, 0.2) is 24.3 Å². The third-order valence-corrected chi connectivity index (χ3v) is 4.25. The lowest BCUT2D eigenvalue weighted by Crippen LogP contribution is -2.34. The highest BCUT2D eigenvalue weighted by Crippen LogP contribution is 2.23. The smallest absolute Gasteiger partial charge is 0.0180 e. The first kappa shape index (κ1) is 13.6. The molecule has 0 atom stereocenters. The molecule has 0 spiro atoms. The molecule has 0 heterocycles. The number of hydrogen-bond donors (Lipinski definition) is 1. The van der Waals surface area contributed by atoms with Crippen molar-refractivity contribution in [3.05, 3.63) is 35.4 Å². The molecule has 1 saturated carbocycles. The highest BCUT2D eigenvalue weighted by molar-refractivity contribution is 5.27. The van der Waals surface area contributed by atoms with Crippen molar-refractivity contribution in [1.29, 1.82) is 0 Å². The summed E-state index contributed by atoms with van der Waals surface area (Å²) >= 11 is 0. The summed E-state index contributed by atoms with van der Waals surface area (Å²) in [6, 6.07) is 9.42. The van der Waals surface area contributed by atoms with E-state index in [0.717, 1.165) is 12.5 Å². The van der Waals surface area contributed by atoms with Gasteiger partial charge in [0, 0.05) is 19.1 Å². The first-order chi connectivity index (χ1) is 8.85. The largest absolute Gasteiger partial charge is 0.326 e. The Morgan fingerprint density at radius 1 is 1.17 bits per heavy atom. The molecule has 18 heavy (non-hydrogen) atoms. The maximum Gasteiger partial charge on any atom is 0.0180 e. The molecule has 1 aromatic carbocycles. The molecule has 0 aromatic heterocycles. The standard InChI is InChI=1S/C16H26N2/c1-2-18(16-9-5-6-10-16)12-11-14-7-3-4-8-15(14)13-17/h3-4,7-8,16H,2,5-6,9-13,17H2,1H3. The molecule has 100 valence electrons. The van der Waals surface area contributed by atoms with Crippen LogP contribution in [0.5, 0.6) is 0 Å². The molecule has 1 fully saturated rings. The molecule has 1 aliphatic carbocycles. The minimum Gasteiger partial charge on any atom is -0.326 e. The van der Waals surface area contributed by atoms with Crippen LogP contribution in [0.3, 0.4) is 0 Å². The molecule has 2 heteroatoms. The van der Waals surface area contributed by atoms with E-state index in [2.05, 4.69) is 36.1 Å². The van der Waals surface area contributed by atoms with E-state index < -0.39 is 0 Å². The predicted octanol–water partition coefficient (Wildman–Crippen LogP) is 2.95. The second kappa shape index (κ2) is 6.91. The SMILES string of the molecule is CCN(CCc1ccccc1CN)C1CCCC1. The lowest BCUT2D eigenvalue weighted by molar-refractivity contribution is 0.211. The van der Waals surface area contributed by atoms with Gasteiger partial charge in [0.2, 0.25) is 0 Å². The molecule has 1 aromatic rings. The van der Waals surface area contributed by atoms with Crippen molar-refractivity contribution in [3.63, 3.8) is 0 Å². The molecule has 2 rings (SSSR count). The van der Waals surface area contributed by atoms with Gasteiger partial charge in [0.05, 0.1) is 0 Å². The minimum atomic E-state index is 0.658. The summed E-state index contributed by atoms with van der Waals surface area (Å²) < 4.78 is 0. The third kappa shape index (κ3) is 3.33. The number of nitrogens with two attached hydrogens (primary N) is 1. The van der Waals surface area contributed by atoms with E-state index in [1.807, 2.05) is 0 Å². The molecule has 0 aliphatic heterocycles. The van der Waals surface area contributed by atoms with E-state index in [0.29, 0.717) is 6.54 Å². The van der Waals surface area contributed by atoms with Crippen LogP contribution in [-0.4, -0.2) is 24.0 Å². The van der Waals surface area contributed by atoms with Gasteiger partial charge in [-0.3, -0.25) is 0 Å². The fraction of sp³-hybridized carbons (Fsp3) is 0.625. The topological polar surface area (TPSA) is 29.3 Å². The Kier molecular flexibility index (Phi) is 5.21. The average Bonchev–Trinajstić information content (AvgIpc) is 2.94. The summed E-state index contributed by atoms with van der Waals surface area (Å²) in [5.74, 6) is 0. The minimum absolute atomic E-state index is 0.658. The van der Waals surface area contributed by atoms with Gasteiger partial charge < -0.3 is 10.6 Å². The van der Waals surface area contributed by atoms with Gasteiger partial charge in [-0.2, -0.15) is 0 Å². The van der Waals surface area contributed by atoms with Gasteiger partial charge in [-0.25, -0.2) is 0 Å². The van der Waals surface area contributed by atoms with E-state index in [4.69, 9.17) is 5.73 Å². The third-order valence-electron chi connectivity index (χ3n) is 4.25. The Morgan fingerprint density at radius 3 is 2.44 bits per heavy atom. The average molecular weight is 246 g/mol. The summed E-state index contributed by atoms with van der Waals surface area (Å²) in [5.41, 5.74) is 8.53. The van der Waals surface area contributed by atoms with Gasteiger partial charge in [0.1, 0.15) is 0 Å². The highest BCUT2D eigenvalue weighted by Gasteiger charge is 2.20. The van der Waals surface area contributed by atoms with Crippen molar-refractivity contribution >= 4 is 0 Å². The van der Waals surface area contributed by atoms with Gasteiger partial charge in [-0.15, -0.1) is 0 Å². The second-order valence-electron chi connectivity index (χ2n) is 5.29. The molecule has 0 amide bonds. The highest BCUT2D eigenvalue weighted by atomic mass is 15.1. The zero-order chi connectivity index (χ0) is 12.8. The van der Waals surface area contributed by atoms with Crippen molar-refractivity contribution < 1.29 is 0 Å². The lowest BCUT2D eigenvalue weighted by atomic mass is 10.0. The van der Waals surface area contributed by atoms with Gasteiger partial charge in [-0.05, 0) is 36.9 Å². The van der Waals surface area contributed by atoms with E-state index >= 15 is 0 Å². The summed E-state index contributed by atoms with van der Waals surface area (Å²) in [7, 11) is 0. The fourth-order valence-electron chi connectivity index (χ4n) is 3.13. The molecular formula is C16H26N2. The van der Waals surface area contributed by atoms with Gasteiger partial charge in [0.25, 0.3) is 0 Å². The number of hydrogen-bond acceptors (Lipinski definition) is 2. The first-order valence-electron chi connectivity index (χ1n) is 7.36. The van der Waals surface area contributed by atoms with Gasteiger partial charge >= 0.3 is 0 Å². The maximum absolute atomic E-state index is 5.80. The van der Waals surface area contributed by atoms with Crippen molar-refractivity contribution in [3.8, 4) is 0 Å². The Morgan fingerprint density at radius 2 is 1.83 bits per heavy atom. The Labute approximate surface area is 111 Å². The maximum atomic E-state index is 5.80. The first-order valence-corrected chi connectivity index (χ1v) is 7.36. The van der Waals surface area contributed by atoms with Crippen LogP contribution in [0.4, 0.5) is 0 Å². The van der Waals surface area contributed by atoms with Crippen LogP contribution in [0.1, 0.15) is 43.7 Å². The number of nitrogens with zero attached hydrogens (tertiary/aromatic N) is 1. The molecule has 2 N–H and O–H groups in total. The number of likely N-dealkylation sites (N-methyl/N-ethyl adjacent to an activating group) is 1. The van der Waals surface area contributed by atoms with Crippen molar-refractivity contribution in [2.24, 2.45) is 5.73 Å². The second-order valence-corrected chi connectivity index (χ2v) is 5.29.